The quantitative estimate of drug-likeness (QED) is 0.847. The van der Waals surface area contributed by atoms with E-state index in [1.807, 2.05) is 0 Å². The maximum atomic E-state index is 13.5. The first-order chi connectivity index (χ1) is 8.27. The lowest BCUT2D eigenvalue weighted by Crippen LogP contribution is -2.32. The minimum atomic E-state index is -3.99. The lowest BCUT2D eigenvalue weighted by Gasteiger charge is -2.12. The van der Waals surface area contributed by atoms with Gasteiger partial charge in [-0.1, -0.05) is 6.92 Å². The summed E-state index contributed by atoms with van der Waals surface area (Å²) >= 11 is 5.23. The molecule has 0 radical (unpaired) electrons. The summed E-state index contributed by atoms with van der Waals surface area (Å²) in [6, 6.07) is 2.63. The third-order valence-electron chi connectivity index (χ3n) is 2.42. The zero-order chi connectivity index (χ0) is 13.9. The Kier molecular flexibility index (Phi) is 4.84. The molecule has 0 aliphatic carbocycles. The summed E-state index contributed by atoms with van der Waals surface area (Å²) in [4.78, 5) is 10.4. The van der Waals surface area contributed by atoms with E-state index in [1.165, 1.54) is 0 Å². The summed E-state index contributed by atoms with van der Waals surface area (Å²) in [6.45, 7) is 3.45. The van der Waals surface area contributed by atoms with E-state index >= 15 is 0 Å². The maximum absolute atomic E-state index is 13.5. The molecule has 18 heavy (non-hydrogen) atoms. The molecule has 7 heteroatoms. The summed E-state index contributed by atoms with van der Waals surface area (Å²) < 4.78 is 39.6. The van der Waals surface area contributed by atoms with Crippen LogP contribution in [0.1, 0.15) is 30.6 Å². The average molecular weight is 294 g/mol. The first-order valence-corrected chi connectivity index (χ1v) is 7.15. The topological polar surface area (TPSA) is 63.2 Å². The van der Waals surface area contributed by atoms with E-state index in [0.29, 0.717) is 6.42 Å². The number of benzene rings is 1. The van der Waals surface area contributed by atoms with Gasteiger partial charge in [0, 0.05) is 11.6 Å². The second-order valence-corrected chi connectivity index (χ2v) is 5.88. The van der Waals surface area contributed by atoms with Crippen molar-refractivity contribution in [1.29, 1.82) is 0 Å². The van der Waals surface area contributed by atoms with Crippen LogP contribution in [0.3, 0.4) is 0 Å². The highest BCUT2D eigenvalue weighted by Gasteiger charge is 2.22. The number of carbonyl (C=O) groups excluding carboxylic acids is 1. The first-order valence-electron chi connectivity index (χ1n) is 5.29. The molecule has 1 aromatic rings. The van der Waals surface area contributed by atoms with Crippen molar-refractivity contribution < 1.29 is 17.6 Å². The Morgan fingerprint density at radius 2 is 2.11 bits per heavy atom. The Bertz CT molecular complexity index is 559. The Morgan fingerprint density at radius 1 is 1.50 bits per heavy atom. The molecular weight excluding hydrogens is 281 g/mol. The van der Waals surface area contributed by atoms with Crippen molar-refractivity contribution in [1.82, 2.24) is 4.72 Å². The second-order valence-electron chi connectivity index (χ2n) is 3.85. The smallest absolute Gasteiger partial charge is 0.252 e. The molecular formula is C11H13ClFNO3S. The van der Waals surface area contributed by atoms with Gasteiger partial charge in [0.25, 0.3) is 5.24 Å². The van der Waals surface area contributed by atoms with E-state index in [2.05, 4.69) is 4.72 Å². The number of rotatable bonds is 5. The number of halogens is 2. The molecule has 0 fully saturated rings. The molecule has 1 atom stereocenters. The van der Waals surface area contributed by atoms with Gasteiger partial charge in [0.15, 0.2) is 0 Å². The van der Waals surface area contributed by atoms with Crippen LogP contribution in [0.5, 0.6) is 0 Å². The number of sulfonamides is 1. The van der Waals surface area contributed by atoms with Gasteiger partial charge >= 0.3 is 0 Å². The van der Waals surface area contributed by atoms with Crippen LogP contribution < -0.4 is 4.72 Å². The van der Waals surface area contributed by atoms with E-state index in [0.717, 1.165) is 18.2 Å². The molecule has 0 aliphatic rings. The summed E-state index contributed by atoms with van der Waals surface area (Å²) in [5.74, 6) is -0.924. The zero-order valence-electron chi connectivity index (χ0n) is 9.91. The van der Waals surface area contributed by atoms with Crippen molar-refractivity contribution in [3.05, 3.63) is 29.6 Å². The fourth-order valence-electron chi connectivity index (χ4n) is 1.24. The minimum Gasteiger partial charge on any atom is -0.276 e. The van der Waals surface area contributed by atoms with Crippen molar-refractivity contribution in [2.75, 3.05) is 0 Å². The largest absolute Gasteiger partial charge is 0.276 e. The third-order valence-corrected chi connectivity index (χ3v) is 4.24. The Labute approximate surface area is 110 Å². The van der Waals surface area contributed by atoms with Gasteiger partial charge in [0.1, 0.15) is 10.7 Å². The molecule has 0 bridgehead atoms. The monoisotopic (exact) mass is 293 g/mol. The number of hydrogen-bond acceptors (Lipinski definition) is 3. The molecule has 0 saturated carbocycles. The third kappa shape index (κ3) is 3.51. The van der Waals surface area contributed by atoms with Crippen molar-refractivity contribution in [2.45, 2.75) is 31.2 Å². The van der Waals surface area contributed by atoms with Crippen LogP contribution >= 0.6 is 11.6 Å². The number of nitrogens with one attached hydrogen (secondary N) is 1. The van der Waals surface area contributed by atoms with Crippen LogP contribution in [0.25, 0.3) is 0 Å². The van der Waals surface area contributed by atoms with Crippen molar-refractivity contribution >= 4 is 26.9 Å². The van der Waals surface area contributed by atoms with Crippen LogP contribution in [-0.2, 0) is 10.0 Å². The lowest BCUT2D eigenvalue weighted by molar-refractivity contribution is 0.108. The van der Waals surface area contributed by atoms with E-state index in [1.54, 1.807) is 13.8 Å². The van der Waals surface area contributed by atoms with Gasteiger partial charge in [0.05, 0.1) is 0 Å². The van der Waals surface area contributed by atoms with Gasteiger partial charge in [-0.2, -0.15) is 0 Å². The first kappa shape index (κ1) is 15.1. The van der Waals surface area contributed by atoms with Crippen molar-refractivity contribution in [2.24, 2.45) is 0 Å². The standard InChI is InChI=1S/C11H13ClFNO3S/c1-3-7(2)14-18(16,17)10-6-8(11(12)15)4-5-9(10)13/h4-7,14H,3H2,1-2H3/t7-/m1/s1. The fourth-order valence-corrected chi connectivity index (χ4v) is 2.79. The molecule has 1 N–H and O–H groups in total. The fraction of sp³-hybridized carbons (Fsp3) is 0.364. The zero-order valence-corrected chi connectivity index (χ0v) is 11.5. The number of hydrogen-bond donors (Lipinski definition) is 1. The molecule has 0 spiro atoms. The summed E-state index contributed by atoms with van der Waals surface area (Å²) in [5.41, 5.74) is -0.0670. The molecule has 0 heterocycles. The van der Waals surface area contributed by atoms with Crippen LogP contribution in [0.15, 0.2) is 23.1 Å². The van der Waals surface area contributed by atoms with Crippen LogP contribution in [0.2, 0.25) is 0 Å². The van der Waals surface area contributed by atoms with E-state index in [4.69, 9.17) is 11.6 Å². The van der Waals surface area contributed by atoms with Gasteiger partial charge < -0.3 is 0 Å². The van der Waals surface area contributed by atoms with Gasteiger partial charge in [0.2, 0.25) is 10.0 Å². The second kappa shape index (κ2) is 5.77. The SMILES string of the molecule is CC[C@@H](C)NS(=O)(=O)c1cc(C(=O)Cl)ccc1F. The van der Waals surface area contributed by atoms with E-state index in [9.17, 15) is 17.6 Å². The summed E-state index contributed by atoms with van der Waals surface area (Å²) in [7, 11) is -3.99. The van der Waals surface area contributed by atoms with Crippen LogP contribution in [-0.4, -0.2) is 19.7 Å². The molecule has 0 amide bonds. The molecule has 0 saturated heterocycles. The molecule has 4 nitrogen and oxygen atoms in total. The normalized spacial score (nSPS) is 13.3. The van der Waals surface area contributed by atoms with Crippen LogP contribution in [0, 0.1) is 5.82 Å². The summed E-state index contributed by atoms with van der Waals surface area (Å²) in [6.07, 6.45) is 0.564. The molecule has 100 valence electrons. The van der Waals surface area contributed by atoms with Crippen molar-refractivity contribution in [3.8, 4) is 0 Å². The lowest BCUT2D eigenvalue weighted by atomic mass is 10.2. The number of carbonyl (C=O) groups is 1. The highest BCUT2D eigenvalue weighted by atomic mass is 35.5. The van der Waals surface area contributed by atoms with Crippen LogP contribution in [0.4, 0.5) is 4.39 Å². The molecule has 0 aromatic heterocycles. The van der Waals surface area contributed by atoms with Gasteiger partial charge in [-0.3, -0.25) is 4.79 Å². The van der Waals surface area contributed by atoms with E-state index in [-0.39, 0.29) is 11.6 Å². The Hall–Kier alpha value is -0.980. The molecule has 0 aliphatic heterocycles. The Morgan fingerprint density at radius 3 is 2.61 bits per heavy atom. The molecule has 1 rings (SSSR count). The van der Waals surface area contributed by atoms with Gasteiger partial charge in [-0.25, -0.2) is 17.5 Å². The summed E-state index contributed by atoms with van der Waals surface area (Å²) in [5, 5.41) is -0.838. The maximum Gasteiger partial charge on any atom is 0.252 e. The molecule has 1 aromatic carbocycles. The Balaban J connectivity index is 3.23. The molecule has 0 unspecified atom stereocenters. The predicted molar refractivity (Wildman–Crippen MR) is 66.7 cm³/mol. The van der Waals surface area contributed by atoms with Crippen molar-refractivity contribution in [3.63, 3.8) is 0 Å². The van der Waals surface area contributed by atoms with E-state index < -0.39 is 26.0 Å². The van der Waals surface area contributed by atoms with Gasteiger partial charge in [-0.15, -0.1) is 0 Å². The predicted octanol–water partition coefficient (Wildman–Crippen LogP) is 2.28. The highest BCUT2D eigenvalue weighted by molar-refractivity contribution is 7.89. The van der Waals surface area contributed by atoms with Gasteiger partial charge in [-0.05, 0) is 43.1 Å². The average Bonchev–Trinajstić information content (AvgIpc) is 2.28. The minimum absolute atomic E-state index is 0.0670. The highest BCUT2D eigenvalue weighted by Crippen LogP contribution is 2.18.